The summed E-state index contributed by atoms with van der Waals surface area (Å²) in [6.07, 6.45) is -0.116. The average molecular weight is 325 g/mol. The van der Waals surface area contributed by atoms with Gasteiger partial charge in [-0.25, -0.2) is 0 Å². The monoisotopic (exact) mass is 325 g/mol. The van der Waals surface area contributed by atoms with Crippen molar-refractivity contribution < 1.29 is 19.0 Å². The highest BCUT2D eigenvalue weighted by Crippen LogP contribution is 2.23. The van der Waals surface area contributed by atoms with E-state index in [4.69, 9.17) is 14.2 Å². The van der Waals surface area contributed by atoms with Crippen molar-refractivity contribution in [2.45, 2.75) is 39.4 Å². The number of aromatic nitrogens is 2. The molecule has 1 aromatic heterocycles. The third-order valence-electron chi connectivity index (χ3n) is 3.97. The van der Waals surface area contributed by atoms with E-state index in [-0.39, 0.29) is 18.6 Å². The minimum Gasteiger partial charge on any atom is -0.480 e. The first-order valence-electron chi connectivity index (χ1n) is 7.81. The molecule has 0 saturated carbocycles. The van der Waals surface area contributed by atoms with E-state index in [2.05, 4.69) is 5.10 Å². The van der Waals surface area contributed by atoms with Crippen LogP contribution in [-0.2, 0) is 21.3 Å². The predicted octanol–water partition coefficient (Wildman–Crippen LogP) is 1.07. The minimum atomic E-state index is -0.392. The van der Waals surface area contributed by atoms with Crippen LogP contribution in [0.4, 0.5) is 0 Å². The molecule has 1 atom stereocenters. The summed E-state index contributed by atoms with van der Waals surface area (Å²) in [7, 11) is 3.49. The Kier molecular flexibility index (Phi) is 5.31. The zero-order valence-corrected chi connectivity index (χ0v) is 14.9. The van der Waals surface area contributed by atoms with Gasteiger partial charge in [0.2, 0.25) is 0 Å². The van der Waals surface area contributed by atoms with Gasteiger partial charge in [-0.15, -0.1) is 0 Å². The van der Waals surface area contributed by atoms with E-state index in [1.54, 1.807) is 16.7 Å². The first-order chi connectivity index (χ1) is 10.7. The summed E-state index contributed by atoms with van der Waals surface area (Å²) in [5.41, 5.74) is 1.31. The van der Waals surface area contributed by atoms with Gasteiger partial charge in [0.05, 0.1) is 24.0 Å². The molecule has 7 heteroatoms. The number of carbonyl (C=O) groups is 1. The van der Waals surface area contributed by atoms with E-state index in [0.29, 0.717) is 25.4 Å². The number of hydrogen-bond donors (Lipinski definition) is 0. The van der Waals surface area contributed by atoms with Gasteiger partial charge in [-0.05, 0) is 27.7 Å². The van der Waals surface area contributed by atoms with Crippen molar-refractivity contribution in [1.29, 1.82) is 0 Å². The Morgan fingerprint density at radius 3 is 2.70 bits per heavy atom. The molecule has 2 rings (SSSR count). The smallest absolute Gasteiger partial charge is 0.260 e. The number of nitrogens with zero attached hydrogens (tertiary/aromatic N) is 3. The highest BCUT2D eigenvalue weighted by Gasteiger charge is 2.35. The fourth-order valence-corrected chi connectivity index (χ4v) is 2.95. The van der Waals surface area contributed by atoms with Crippen LogP contribution >= 0.6 is 0 Å². The number of aryl methyl sites for hydroxylation is 2. The summed E-state index contributed by atoms with van der Waals surface area (Å²) in [5.74, 6) is 0.631. The van der Waals surface area contributed by atoms with Crippen molar-refractivity contribution in [2.75, 3.05) is 33.4 Å². The quantitative estimate of drug-likeness (QED) is 0.810. The average Bonchev–Trinajstić information content (AvgIpc) is 2.68. The molecular formula is C16H27N3O4. The SMILES string of the molecule is COC[C@H]1CN(C(=O)COc2c(C)nn(C)c2C)CC(C)(C)O1. The molecule has 1 amide bonds. The first-order valence-corrected chi connectivity index (χ1v) is 7.81. The molecule has 0 aromatic carbocycles. The fraction of sp³-hybridized carbons (Fsp3) is 0.750. The van der Waals surface area contributed by atoms with Crippen molar-refractivity contribution in [2.24, 2.45) is 7.05 Å². The lowest BCUT2D eigenvalue weighted by Gasteiger charge is -2.42. The number of carbonyl (C=O) groups excluding carboxylic acids is 1. The number of rotatable bonds is 5. The van der Waals surface area contributed by atoms with Crippen LogP contribution in [0.1, 0.15) is 25.2 Å². The Balaban J connectivity index is 1.99. The molecule has 1 aromatic rings. The van der Waals surface area contributed by atoms with Gasteiger partial charge in [-0.3, -0.25) is 9.48 Å². The van der Waals surface area contributed by atoms with Crippen LogP contribution in [0.25, 0.3) is 0 Å². The van der Waals surface area contributed by atoms with Gasteiger partial charge in [0.15, 0.2) is 12.4 Å². The van der Waals surface area contributed by atoms with Gasteiger partial charge >= 0.3 is 0 Å². The fourth-order valence-electron chi connectivity index (χ4n) is 2.95. The van der Waals surface area contributed by atoms with Gasteiger partial charge in [0.1, 0.15) is 5.69 Å². The number of hydrogen-bond acceptors (Lipinski definition) is 5. The Hall–Kier alpha value is -1.60. The molecule has 1 fully saturated rings. The van der Waals surface area contributed by atoms with Crippen LogP contribution in [0.15, 0.2) is 0 Å². The molecule has 1 aliphatic rings. The molecule has 0 radical (unpaired) electrons. The van der Waals surface area contributed by atoms with Crippen LogP contribution < -0.4 is 4.74 Å². The number of morpholine rings is 1. The van der Waals surface area contributed by atoms with Crippen LogP contribution in [-0.4, -0.2) is 65.7 Å². The number of methoxy groups -OCH3 is 1. The van der Waals surface area contributed by atoms with E-state index >= 15 is 0 Å². The summed E-state index contributed by atoms with van der Waals surface area (Å²) in [4.78, 5) is 14.3. The maximum Gasteiger partial charge on any atom is 0.260 e. The van der Waals surface area contributed by atoms with Crippen LogP contribution in [0.5, 0.6) is 5.75 Å². The third-order valence-corrected chi connectivity index (χ3v) is 3.97. The second-order valence-electron chi connectivity index (χ2n) is 6.64. The molecule has 23 heavy (non-hydrogen) atoms. The lowest BCUT2D eigenvalue weighted by molar-refractivity contribution is -0.170. The van der Waals surface area contributed by atoms with Crippen LogP contribution in [0.2, 0.25) is 0 Å². The molecule has 1 aliphatic heterocycles. The summed E-state index contributed by atoms with van der Waals surface area (Å²) in [6, 6.07) is 0. The van der Waals surface area contributed by atoms with Crippen LogP contribution in [0, 0.1) is 13.8 Å². The Morgan fingerprint density at radius 2 is 2.13 bits per heavy atom. The topological polar surface area (TPSA) is 65.8 Å². The molecule has 0 unspecified atom stereocenters. The van der Waals surface area contributed by atoms with Crippen molar-refractivity contribution in [3.63, 3.8) is 0 Å². The molecule has 7 nitrogen and oxygen atoms in total. The third kappa shape index (κ3) is 4.23. The van der Waals surface area contributed by atoms with E-state index in [1.807, 2.05) is 34.7 Å². The van der Waals surface area contributed by atoms with Gasteiger partial charge in [-0.2, -0.15) is 5.10 Å². The molecule has 1 saturated heterocycles. The summed E-state index contributed by atoms with van der Waals surface area (Å²) < 4.78 is 18.6. The van der Waals surface area contributed by atoms with E-state index in [0.717, 1.165) is 11.4 Å². The van der Waals surface area contributed by atoms with Gasteiger partial charge in [0.25, 0.3) is 5.91 Å². The summed E-state index contributed by atoms with van der Waals surface area (Å²) >= 11 is 0. The lowest BCUT2D eigenvalue weighted by Crippen LogP contribution is -2.56. The Morgan fingerprint density at radius 1 is 1.43 bits per heavy atom. The largest absolute Gasteiger partial charge is 0.480 e. The van der Waals surface area contributed by atoms with E-state index in [1.165, 1.54) is 0 Å². The van der Waals surface area contributed by atoms with Crippen molar-refractivity contribution in [3.8, 4) is 5.75 Å². The summed E-state index contributed by atoms with van der Waals surface area (Å²) in [5, 5.41) is 4.29. The van der Waals surface area contributed by atoms with Crippen molar-refractivity contribution >= 4 is 5.91 Å². The predicted molar refractivity (Wildman–Crippen MR) is 85.6 cm³/mol. The molecule has 0 spiro atoms. The molecule has 0 aliphatic carbocycles. The summed E-state index contributed by atoms with van der Waals surface area (Å²) in [6.45, 7) is 9.28. The standard InChI is InChI=1S/C16H27N3O4/c1-11-15(12(2)18(5)17-11)22-9-14(20)19-7-13(8-21-6)23-16(3,4)10-19/h13H,7-10H2,1-6H3/t13-/m1/s1. The molecule has 2 heterocycles. The minimum absolute atomic E-state index is 0.00313. The Labute approximate surface area is 137 Å². The van der Waals surface area contributed by atoms with E-state index in [9.17, 15) is 4.79 Å². The first kappa shape index (κ1) is 17.7. The Bertz CT molecular complexity index is 568. The van der Waals surface area contributed by atoms with Crippen molar-refractivity contribution in [1.82, 2.24) is 14.7 Å². The number of ether oxygens (including phenoxy) is 3. The normalized spacial score (nSPS) is 20.6. The van der Waals surface area contributed by atoms with Gasteiger partial charge in [0, 0.05) is 27.2 Å². The van der Waals surface area contributed by atoms with Gasteiger partial charge in [-0.1, -0.05) is 0 Å². The number of amides is 1. The van der Waals surface area contributed by atoms with Crippen molar-refractivity contribution in [3.05, 3.63) is 11.4 Å². The second kappa shape index (κ2) is 6.88. The highest BCUT2D eigenvalue weighted by atomic mass is 16.5. The van der Waals surface area contributed by atoms with Crippen LogP contribution in [0.3, 0.4) is 0 Å². The molecular weight excluding hydrogens is 298 g/mol. The second-order valence-corrected chi connectivity index (χ2v) is 6.64. The van der Waals surface area contributed by atoms with E-state index < -0.39 is 5.60 Å². The van der Waals surface area contributed by atoms with Gasteiger partial charge < -0.3 is 19.1 Å². The maximum atomic E-state index is 12.5. The maximum absolute atomic E-state index is 12.5. The molecule has 0 bridgehead atoms. The zero-order valence-electron chi connectivity index (χ0n) is 14.9. The lowest BCUT2D eigenvalue weighted by atomic mass is 10.1. The highest BCUT2D eigenvalue weighted by molar-refractivity contribution is 5.78. The molecule has 0 N–H and O–H groups in total. The molecule has 130 valence electrons. The zero-order chi connectivity index (χ0) is 17.2.